The van der Waals surface area contributed by atoms with Crippen LogP contribution in [-0.4, -0.2) is 115 Å². The van der Waals surface area contributed by atoms with Gasteiger partial charge in [-0.05, 0) is 33.6 Å². The highest BCUT2D eigenvalue weighted by Gasteiger charge is 2.15. The molecule has 34 heavy (non-hydrogen) atoms. The molecule has 0 aromatic rings. The van der Waals surface area contributed by atoms with Crippen LogP contribution in [0, 0.1) is 0 Å². The van der Waals surface area contributed by atoms with Crippen molar-refractivity contribution in [1.82, 2.24) is 5.32 Å². The molecule has 0 bridgehead atoms. The Kier molecular flexibility index (Phi) is 25.6. The number of rotatable bonds is 25. The van der Waals surface area contributed by atoms with Crippen molar-refractivity contribution in [2.45, 2.75) is 39.2 Å². The molecule has 0 unspecified atom stereocenters. The molecule has 0 saturated heterocycles. The molecule has 11 heteroatoms. The summed E-state index contributed by atoms with van der Waals surface area (Å²) < 4.78 is 44.1. The van der Waals surface area contributed by atoms with E-state index in [1.807, 2.05) is 20.8 Å². The average Bonchev–Trinajstić information content (AvgIpc) is 2.78. The molecular weight excluding hydrogens is 561 g/mol. The minimum Gasteiger partial charge on any atom is -0.444 e. The van der Waals surface area contributed by atoms with Gasteiger partial charge in [0, 0.05) is 17.6 Å². The third-order valence-corrected chi connectivity index (χ3v) is 4.28. The van der Waals surface area contributed by atoms with Crippen LogP contribution in [0.15, 0.2) is 0 Å². The van der Waals surface area contributed by atoms with Crippen LogP contribution >= 0.6 is 22.6 Å². The van der Waals surface area contributed by atoms with Gasteiger partial charge in [-0.15, -0.1) is 0 Å². The summed E-state index contributed by atoms with van der Waals surface area (Å²) in [6, 6.07) is 0. The van der Waals surface area contributed by atoms with Gasteiger partial charge in [0.1, 0.15) is 5.60 Å². The Balaban J connectivity index is 3.10. The Morgan fingerprint density at radius 1 is 0.588 bits per heavy atom. The standard InChI is InChI=1S/C23H46INO9/c1-23(2,3)34-22(26)25-7-4-5-8-27-10-12-29-14-16-31-18-20-33-21-19-32-17-15-30-13-11-28-9-6-24/h4-21H2,1-3H3,(H,25,26). The van der Waals surface area contributed by atoms with Gasteiger partial charge in [-0.2, -0.15) is 0 Å². The molecule has 0 heterocycles. The van der Waals surface area contributed by atoms with Crippen LogP contribution in [0.3, 0.4) is 0 Å². The van der Waals surface area contributed by atoms with Gasteiger partial charge in [0.05, 0.1) is 85.9 Å². The lowest BCUT2D eigenvalue weighted by atomic mass is 10.2. The summed E-state index contributed by atoms with van der Waals surface area (Å²) in [5.74, 6) is 0. The number of halogens is 1. The topological polar surface area (TPSA) is 103 Å². The molecule has 204 valence electrons. The van der Waals surface area contributed by atoms with Gasteiger partial charge < -0.3 is 43.2 Å². The molecule has 0 saturated carbocycles. The van der Waals surface area contributed by atoms with Crippen molar-refractivity contribution in [2.75, 3.05) is 103 Å². The van der Waals surface area contributed by atoms with Gasteiger partial charge in [0.2, 0.25) is 0 Å². The zero-order valence-electron chi connectivity index (χ0n) is 21.3. The number of carbonyl (C=O) groups is 1. The predicted octanol–water partition coefficient (Wildman–Crippen LogP) is 2.84. The van der Waals surface area contributed by atoms with Gasteiger partial charge in [-0.3, -0.25) is 0 Å². The van der Waals surface area contributed by atoms with Crippen LogP contribution in [0.25, 0.3) is 0 Å². The number of nitrogens with one attached hydrogen (secondary N) is 1. The number of alkyl halides is 1. The van der Waals surface area contributed by atoms with E-state index in [1.165, 1.54) is 0 Å². The summed E-state index contributed by atoms with van der Waals surface area (Å²) in [6.07, 6.45) is 1.32. The third-order valence-electron chi connectivity index (χ3n) is 3.84. The highest BCUT2D eigenvalue weighted by Crippen LogP contribution is 2.06. The highest BCUT2D eigenvalue weighted by atomic mass is 127. The first-order valence-corrected chi connectivity index (χ1v) is 13.6. The number of hydrogen-bond donors (Lipinski definition) is 1. The summed E-state index contributed by atoms with van der Waals surface area (Å²) in [6.45, 7) is 14.1. The van der Waals surface area contributed by atoms with E-state index in [1.54, 1.807) is 0 Å². The first kappa shape index (κ1) is 33.7. The molecule has 0 aliphatic rings. The molecule has 1 amide bonds. The highest BCUT2D eigenvalue weighted by molar-refractivity contribution is 14.1. The quantitative estimate of drug-likeness (QED) is 0.0954. The number of unbranched alkanes of at least 4 members (excludes halogenated alkanes) is 1. The SMILES string of the molecule is CC(C)(C)OC(=O)NCCCCOCCOCCOCCOCCOCCOCCOCCI. The fourth-order valence-corrected chi connectivity index (χ4v) is 2.62. The van der Waals surface area contributed by atoms with Crippen LogP contribution < -0.4 is 5.32 Å². The van der Waals surface area contributed by atoms with E-state index in [9.17, 15) is 4.79 Å². The second-order valence-electron chi connectivity index (χ2n) is 8.11. The van der Waals surface area contributed by atoms with E-state index in [0.29, 0.717) is 92.4 Å². The van der Waals surface area contributed by atoms with Crippen LogP contribution in [0.2, 0.25) is 0 Å². The number of amides is 1. The first-order chi connectivity index (χ1) is 16.5. The largest absolute Gasteiger partial charge is 0.444 e. The Labute approximate surface area is 219 Å². The fourth-order valence-electron chi connectivity index (χ4n) is 2.31. The van der Waals surface area contributed by atoms with Crippen LogP contribution in [0.5, 0.6) is 0 Å². The van der Waals surface area contributed by atoms with E-state index in [0.717, 1.165) is 23.9 Å². The molecule has 0 rings (SSSR count). The van der Waals surface area contributed by atoms with Gasteiger partial charge in [0.25, 0.3) is 0 Å². The molecule has 0 fully saturated rings. The molecule has 0 spiro atoms. The number of hydrogen-bond acceptors (Lipinski definition) is 9. The van der Waals surface area contributed by atoms with E-state index in [4.69, 9.17) is 37.9 Å². The lowest BCUT2D eigenvalue weighted by Gasteiger charge is -2.19. The van der Waals surface area contributed by atoms with Crippen LogP contribution in [0.4, 0.5) is 4.79 Å². The Hall–Kier alpha value is -0.280. The van der Waals surface area contributed by atoms with Crippen molar-refractivity contribution in [1.29, 1.82) is 0 Å². The van der Waals surface area contributed by atoms with Crippen molar-refractivity contribution in [3.8, 4) is 0 Å². The van der Waals surface area contributed by atoms with Crippen molar-refractivity contribution in [3.05, 3.63) is 0 Å². The third kappa shape index (κ3) is 29.8. The Morgan fingerprint density at radius 3 is 1.29 bits per heavy atom. The minimum atomic E-state index is -0.471. The van der Waals surface area contributed by atoms with Crippen molar-refractivity contribution >= 4 is 28.7 Å². The summed E-state index contributed by atoms with van der Waals surface area (Å²) in [7, 11) is 0. The van der Waals surface area contributed by atoms with Gasteiger partial charge >= 0.3 is 6.09 Å². The van der Waals surface area contributed by atoms with Crippen molar-refractivity contribution < 1.29 is 42.7 Å². The molecule has 10 nitrogen and oxygen atoms in total. The molecule has 0 aliphatic heterocycles. The molecule has 0 aliphatic carbocycles. The maximum atomic E-state index is 11.5. The van der Waals surface area contributed by atoms with E-state index in [2.05, 4.69) is 27.9 Å². The fraction of sp³-hybridized carbons (Fsp3) is 0.957. The lowest BCUT2D eigenvalue weighted by Crippen LogP contribution is -2.33. The number of alkyl carbamates (subject to hydrolysis) is 1. The maximum Gasteiger partial charge on any atom is 0.407 e. The average molecular weight is 608 g/mol. The molecule has 0 aromatic carbocycles. The smallest absolute Gasteiger partial charge is 0.407 e. The van der Waals surface area contributed by atoms with Gasteiger partial charge in [-0.1, -0.05) is 22.6 Å². The number of ether oxygens (including phenoxy) is 8. The predicted molar refractivity (Wildman–Crippen MR) is 138 cm³/mol. The lowest BCUT2D eigenvalue weighted by molar-refractivity contribution is -0.0201. The number of carbonyl (C=O) groups excluding carboxylic acids is 1. The first-order valence-electron chi connectivity index (χ1n) is 12.0. The minimum absolute atomic E-state index is 0.384. The van der Waals surface area contributed by atoms with Crippen LogP contribution in [0.1, 0.15) is 33.6 Å². The van der Waals surface area contributed by atoms with E-state index >= 15 is 0 Å². The molecule has 0 radical (unpaired) electrons. The zero-order valence-corrected chi connectivity index (χ0v) is 23.4. The van der Waals surface area contributed by atoms with Crippen LogP contribution in [-0.2, 0) is 37.9 Å². The Bertz CT molecular complexity index is 439. The second kappa shape index (κ2) is 25.8. The van der Waals surface area contributed by atoms with Gasteiger partial charge in [0.15, 0.2) is 0 Å². The summed E-state index contributed by atoms with van der Waals surface area (Å²) >= 11 is 2.28. The summed E-state index contributed by atoms with van der Waals surface area (Å²) in [5.41, 5.74) is -0.471. The normalized spacial score (nSPS) is 11.6. The molecular formula is C23H46INO9. The van der Waals surface area contributed by atoms with Gasteiger partial charge in [-0.25, -0.2) is 4.79 Å². The molecule has 0 atom stereocenters. The molecule has 1 N–H and O–H groups in total. The summed E-state index contributed by atoms with van der Waals surface area (Å²) in [4.78, 5) is 11.5. The maximum absolute atomic E-state index is 11.5. The van der Waals surface area contributed by atoms with E-state index < -0.39 is 5.60 Å². The summed E-state index contributed by atoms with van der Waals surface area (Å²) in [5, 5.41) is 2.73. The second-order valence-corrected chi connectivity index (χ2v) is 9.19. The monoisotopic (exact) mass is 607 g/mol. The Morgan fingerprint density at radius 2 is 0.941 bits per heavy atom. The van der Waals surface area contributed by atoms with Crippen molar-refractivity contribution in [3.63, 3.8) is 0 Å². The molecule has 0 aromatic heterocycles. The zero-order chi connectivity index (χ0) is 25.2. The van der Waals surface area contributed by atoms with E-state index in [-0.39, 0.29) is 6.09 Å². The van der Waals surface area contributed by atoms with Crippen molar-refractivity contribution in [2.24, 2.45) is 0 Å².